The Morgan fingerprint density at radius 1 is 1.00 bits per heavy atom. The van der Waals surface area contributed by atoms with Gasteiger partial charge in [-0.05, 0) is 29.8 Å². The molecule has 7 nitrogen and oxygen atoms in total. The number of nitrogens with two attached hydrogens (primary N) is 1. The zero-order valence-electron chi connectivity index (χ0n) is 12.3. The molecule has 0 aliphatic rings. The van der Waals surface area contributed by atoms with Crippen LogP contribution in [0.15, 0.2) is 53.4 Å². The molecule has 9 heteroatoms. The lowest BCUT2D eigenvalue weighted by Gasteiger charge is -2.08. The van der Waals surface area contributed by atoms with E-state index in [0.29, 0.717) is 16.3 Å². The summed E-state index contributed by atoms with van der Waals surface area (Å²) in [5.41, 5.74) is 0.943. The Hall–Kier alpha value is -2.42. The topological polar surface area (TPSA) is 118 Å². The molecule has 0 spiro atoms. The molecule has 2 amide bonds. The highest BCUT2D eigenvalue weighted by atomic mass is 35.5. The highest BCUT2D eigenvalue weighted by Crippen LogP contribution is 2.20. The van der Waals surface area contributed by atoms with Gasteiger partial charge in [0.2, 0.25) is 10.0 Å². The van der Waals surface area contributed by atoms with E-state index in [1.54, 1.807) is 24.3 Å². The highest BCUT2D eigenvalue weighted by molar-refractivity contribution is 7.89. The third-order valence-electron chi connectivity index (χ3n) is 3.03. The minimum Gasteiger partial charge on any atom is -0.344 e. The van der Waals surface area contributed by atoms with Gasteiger partial charge < -0.3 is 10.6 Å². The molecule has 2 aromatic rings. The Bertz CT molecular complexity index is 867. The molecule has 0 atom stereocenters. The summed E-state index contributed by atoms with van der Waals surface area (Å²) in [4.78, 5) is 23.5. The van der Waals surface area contributed by atoms with E-state index in [0.717, 1.165) is 0 Å². The average Bonchev–Trinajstić information content (AvgIpc) is 2.54. The van der Waals surface area contributed by atoms with Gasteiger partial charge in [0.25, 0.3) is 0 Å². The number of carbonyl (C=O) groups excluding carboxylic acids is 2. The second-order valence-electron chi connectivity index (χ2n) is 4.81. The van der Waals surface area contributed by atoms with E-state index in [1.165, 1.54) is 24.3 Å². The molecule has 0 unspecified atom stereocenters. The molecule has 126 valence electrons. The van der Waals surface area contributed by atoms with E-state index in [-0.39, 0.29) is 11.4 Å². The molecular formula is C15H14ClN3O4S. The third kappa shape index (κ3) is 4.79. The monoisotopic (exact) mass is 367 g/mol. The lowest BCUT2D eigenvalue weighted by molar-refractivity contribution is -0.136. The van der Waals surface area contributed by atoms with Gasteiger partial charge in [-0.1, -0.05) is 35.9 Å². The lowest BCUT2D eigenvalue weighted by Crippen LogP contribution is -2.35. The number of rotatable bonds is 4. The van der Waals surface area contributed by atoms with Crippen molar-refractivity contribution in [2.75, 3.05) is 5.32 Å². The predicted octanol–water partition coefficient (Wildman–Crippen LogP) is 1.24. The summed E-state index contributed by atoms with van der Waals surface area (Å²) in [7, 11) is -3.77. The molecule has 0 radical (unpaired) electrons. The number of hydrogen-bond donors (Lipinski definition) is 3. The first-order valence-corrected chi connectivity index (χ1v) is 8.65. The van der Waals surface area contributed by atoms with Crippen LogP contribution in [0.5, 0.6) is 0 Å². The molecule has 0 fully saturated rings. The number of primary sulfonamides is 1. The number of carbonyl (C=O) groups is 2. The zero-order valence-corrected chi connectivity index (χ0v) is 13.9. The smallest absolute Gasteiger partial charge is 0.313 e. The third-order valence-corrected chi connectivity index (χ3v) is 4.29. The van der Waals surface area contributed by atoms with Gasteiger partial charge in [-0.25, -0.2) is 13.6 Å². The predicted molar refractivity (Wildman–Crippen MR) is 89.7 cm³/mol. The maximum atomic E-state index is 11.8. The molecule has 24 heavy (non-hydrogen) atoms. The quantitative estimate of drug-likeness (QED) is 0.704. The van der Waals surface area contributed by atoms with Gasteiger partial charge in [-0.2, -0.15) is 0 Å². The van der Waals surface area contributed by atoms with Crippen LogP contribution in [0.3, 0.4) is 0 Å². The van der Waals surface area contributed by atoms with Crippen LogP contribution in [0, 0.1) is 0 Å². The highest BCUT2D eigenvalue weighted by Gasteiger charge is 2.14. The SMILES string of the molecule is NS(=O)(=O)c1ccc(CNC(=O)C(=O)Nc2ccccc2Cl)cc1. The van der Waals surface area contributed by atoms with Crippen molar-refractivity contribution in [3.8, 4) is 0 Å². The molecule has 0 aliphatic heterocycles. The number of nitrogens with one attached hydrogen (secondary N) is 2. The normalized spacial score (nSPS) is 10.9. The number of anilines is 1. The molecule has 0 aliphatic carbocycles. The first-order valence-electron chi connectivity index (χ1n) is 6.73. The molecular weight excluding hydrogens is 354 g/mol. The fourth-order valence-electron chi connectivity index (χ4n) is 1.80. The van der Waals surface area contributed by atoms with Gasteiger partial charge in [0.05, 0.1) is 15.6 Å². The van der Waals surface area contributed by atoms with E-state index in [9.17, 15) is 18.0 Å². The summed E-state index contributed by atoms with van der Waals surface area (Å²) in [6, 6.07) is 12.1. The molecule has 0 saturated carbocycles. The Kier molecular flexibility index (Phi) is 5.55. The van der Waals surface area contributed by atoms with Crippen LogP contribution in [0.1, 0.15) is 5.56 Å². The summed E-state index contributed by atoms with van der Waals surface area (Å²) in [5, 5.41) is 10.1. The van der Waals surface area contributed by atoms with Crippen LogP contribution in [0.2, 0.25) is 5.02 Å². The molecule has 0 aromatic heterocycles. The number of hydrogen-bond acceptors (Lipinski definition) is 4. The van der Waals surface area contributed by atoms with Gasteiger partial charge in [0.15, 0.2) is 0 Å². The van der Waals surface area contributed by atoms with Crippen LogP contribution in [0.4, 0.5) is 5.69 Å². The molecule has 4 N–H and O–H groups in total. The van der Waals surface area contributed by atoms with Crippen LogP contribution in [-0.2, 0) is 26.2 Å². The van der Waals surface area contributed by atoms with Gasteiger partial charge in [-0.3, -0.25) is 9.59 Å². The molecule has 0 heterocycles. The number of halogens is 1. The largest absolute Gasteiger partial charge is 0.344 e. The summed E-state index contributed by atoms with van der Waals surface area (Å²) in [6.45, 7) is 0.0552. The van der Waals surface area contributed by atoms with Crippen molar-refractivity contribution in [1.29, 1.82) is 0 Å². The molecule has 2 aromatic carbocycles. The van der Waals surface area contributed by atoms with Gasteiger partial charge in [0, 0.05) is 6.54 Å². The van der Waals surface area contributed by atoms with Crippen LogP contribution in [0.25, 0.3) is 0 Å². The second-order valence-corrected chi connectivity index (χ2v) is 6.77. The lowest BCUT2D eigenvalue weighted by atomic mass is 10.2. The van der Waals surface area contributed by atoms with Crippen molar-refractivity contribution in [2.24, 2.45) is 5.14 Å². The molecule has 0 saturated heterocycles. The van der Waals surface area contributed by atoms with E-state index in [2.05, 4.69) is 10.6 Å². The second kappa shape index (κ2) is 7.43. The number of amides is 2. The van der Waals surface area contributed by atoms with Crippen molar-refractivity contribution in [3.63, 3.8) is 0 Å². The van der Waals surface area contributed by atoms with Gasteiger partial charge in [0.1, 0.15) is 0 Å². The van der Waals surface area contributed by atoms with Crippen molar-refractivity contribution in [3.05, 3.63) is 59.1 Å². The van der Waals surface area contributed by atoms with E-state index >= 15 is 0 Å². The van der Waals surface area contributed by atoms with Crippen molar-refractivity contribution in [2.45, 2.75) is 11.4 Å². The summed E-state index contributed by atoms with van der Waals surface area (Å²) in [6.07, 6.45) is 0. The van der Waals surface area contributed by atoms with Crippen LogP contribution >= 0.6 is 11.6 Å². The number of para-hydroxylation sites is 1. The minimum atomic E-state index is -3.77. The minimum absolute atomic E-state index is 0.0333. The van der Waals surface area contributed by atoms with E-state index < -0.39 is 21.8 Å². The summed E-state index contributed by atoms with van der Waals surface area (Å²) >= 11 is 5.89. The Balaban J connectivity index is 1.93. The van der Waals surface area contributed by atoms with Crippen molar-refractivity contribution >= 4 is 39.1 Å². The Morgan fingerprint density at radius 2 is 1.62 bits per heavy atom. The maximum Gasteiger partial charge on any atom is 0.313 e. The van der Waals surface area contributed by atoms with Crippen LogP contribution in [-0.4, -0.2) is 20.2 Å². The van der Waals surface area contributed by atoms with Gasteiger partial charge in [-0.15, -0.1) is 0 Å². The Labute approximate surface area is 143 Å². The van der Waals surface area contributed by atoms with Gasteiger partial charge >= 0.3 is 11.8 Å². The fourth-order valence-corrected chi connectivity index (χ4v) is 2.50. The molecule has 0 bridgehead atoms. The zero-order chi connectivity index (χ0) is 17.7. The first-order chi connectivity index (χ1) is 11.3. The van der Waals surface area contributed by atoms with Crippen molar-refractivity contribution in [1.82, 2.24) is 5.32 Å². The number of sulfonamides is 1. The number of benzene rings is 2. The summed E-state index contributed by atoms with van der Waals surface area (Å²) in [5.74, 6) is -1.70. The van der Waals surface area contributed by atoms with E-state index in [4.69, 9.17) is 16.7 Å². The van der Waals surface area contributed by atoms with Crippen LogP contribution < -0.4 is 15.8 Å². The van der Waals surface area contributed by atoms with E-state index in [1.807, 2.05) is 0 Å². The standard InChI is InChI=1S/C15H14ClN3O4S/c16-12-3-1-2-4-13(12)19-15(21)14(20)18-9-10-5-7-11(8-6-10)24(17,22)23/h1-8H,9H2,(H,18,20)(H,19,21)(H2,17,22,23). The average molecular weight is 368 g/mol. The summed E-state index contributed by atoms with van der Waals surface area (Å²) < 4.78 is 22.3. The van der Waals surface area contributed by atoms with Crippen molar-refractivity contribution < 1.29 is 18.0 Å². The Morgan fingerprint density at radius 3 is 2.21 bits per heavy atom. The maximum absolute atomic E-state index is 11.8. The fraction of sp³-hybridized carbons (Fsp3) is 0.0667. The molecule has 2 rings (SSSR count). The first kappa shape index (κ1) is 17.9.